The number of carbonyl (C=O) groups is 1. The van der Waals surface area contributed by atoms with E-state index in [1.54, 1.807) is 6.07 Å². The zero-order valence-corrected chi connectivity index (χ0v) is 18.1. The van der Waals surface area contributed by atoms with Gasteiger partial charge in [-0.15, -0.1) is 0 Å². The summed E-state index contributed by atoms with van der Waals surface area (Å²) in [6.07, 6.45) is 2.75. The highest BCUT2D eigenvalue weighted by Gasteiger charge is 2.31. The first-order chi connectivity index (χ1) is 14.3. The van der Waals surface area contributed by atoms with Gasteiger partial charge in [0.2, 0.25) is 15.9 Å². The number of nitrogens with zero attached hydrogens (tertiary/aromatic N) is 1. The molecule has 2 aromatic rings. The van der Waals surface area contributed by atoms with Crippen molar-refractivity contribution < 1.29 is 17.6 Å². The number of aryl methyl sites for hydroxylation is 2. The molecule has 1 aliphatic rings. The van der Waals surface area contributed by atoms with Crippen LogP contribution >= 0.6 is 0 Å². The van der Waals surface area contributed by atoms with Crippen molar-refractivity contribution in [2.75, 3.05) is 19.6 Å². The lowest BCUT2D eigenvalue weighted by Crippen LogP contribution is -2.43. The van der Waals surface area contributed by atoms with Crippen LogP contribution in [0.2, 0.25) is 0 Å². The molecule has 1 heterocycles. The van der Waals surface area contributed by atoms with Gasteiger partial charge in [0, 0.05) is 31.1 Å². The summed E-state index contributed by atoms with van der Waals surface area (Å²) in [7, 11) is -3.60. The summed E-state index contributed by atoms with van der Waals surface area (Å²) in [4.78, 5) is 12.4. The summed E-state index contributed by atoms with van der Waals surface area (Å²) in [5.74, 6) is -1.05. The highest BCUT2D eigenvalue weighted by Crippen LogP contribution is 2.22. The average molecular weight is 433 g/mol. The molecule has 30 heavy (non-hydrogen) atoms. The lowest BCUT2D eigenvalue weighted by Gasteiger charge is -2.30. The van der Waals surface area contributed by atoms with Crippen LogP contribution in [0.1, 0.15) is 36.0 Å². The van der Waals surface area contributed by atoms with E-state index in [-0.39, 0.29) is 36.2 Å². The average Bonchev–Trinajstić information content (AvgIpc) is 2.74. The van der Waals surface area contributed by atoms with Gasteiger partial charge in [-0.1, -0.05) is 48.0 Å². The third kappa shape index (κ3) is 6.12. The molecule has 0 atom stereocenters. The fraction of sp³-hybridized carbons (Fsp3) is 0.435. The third-order valence-corrected chi connectivity index (χ3v) is 7.40. The highest BCUT2D eigenvalue weighted by atomic mass is 32.2. The van der Waals surface area contributed by atoms with E-state index in [1.165, 1.54) is 33.6 Å². The molecule has 1 N–H and O–H groups in total. The van der Waals surface area contributed by atoms with Gasteiger partial charge in [-0.3, -0.25) is 4.79 Å². The molecule has 0 aromatic heterocycles. The SMILES string of the molecule is Cc1ccc(CCCNC(=O)C2CCN(S(=O)(=O)Cc3ccccc3F)CC2)cc1. The predicted molar refractivity (Wildman–Crippen MR) is 116 cm³/mol. The maximum Gasteiger partial charge on any atom is 0.223 e. The van der Waals surface area contributed by atoms with Crippen molar-refractivity contribution in [3.05, 3.63) is 71.0 Å². The van der Waals surface area contributed by atoms with Crippen molar-refractivity contribution >= 4 is 15.9 Å². The van der Waals surface area contributed by atoms with E-state index in [1.807, 2.05) is 0 Å². The van der Waals surface area contributed by atoms with Gasteiger partial charge < -0.3 is 5.32 Å². The number of rotatable bonds is 8. The van der Waals surface area contributed by atoms with Gasteiger partial charge in [0.05, 0.1) is 5.75 Å². The topological polar surface area (TPSA) is 66.5 Å². The number of benzene rings is 2. The van der Waals surface area contributed by atoms with Crippen LogP contribution in [-0.2, 0) is 27.0 Å². The Morgan fingerprint density at radius 2 is 1.77 bits per heavy atom. The van der Waals surface area contributed by atoms with E-state index in [2.05, 4.69) is 36.5 Å². The summed E-state index contributed by atoms with van der Waals surface area (Å²) in [5.41, 5.74) is 2.66. The molecule has 162 valence electrons. The Kier molecular flexibility index (Phi) is 7.61. The van der Waals surface area contributed by atoms with Gasteiger partial charge in [0.15, 0.2) is 0 Å². The number of hydrogen-bond acceptors (Lipinski definition) is 3. The van der Waals surface area contributed by atoms with Crippen LogP contribution in [0.5, 0.6) is 0 Å². The molecule has 0 spiro atoms. The molecule has 3 rings (SSSR count). The van der Waals surface area contributed by atoms with Crippen LogP contribution in [-0.4, -0.2) is 38.3 Å². The number of halogens is 1. The number of amides is 1. The Hall–Kier alpha value is -2.25. The number of carbonyl (C=O) groups excluding carboxylic acids is 1. The monoisotopic (exact) mass is 432 g/mol. The maximum atomic E-state index is 13.8. The molecule has 0 saturated carbocycles. The van der Waals surface area contributed by atoms with Gasteiger partial charge >= 0.3 is 0 Å². The lowest BCUT2D eigenvalue weighted by molar-refractivity contribution is -0.126. The Morgan fingerprint density at radius 1 is 1.10 bits per heavy atom. The zero-order chi connectivity index (χ0) is 21.6. The molecule has 0 unspecified atom stereocenters. The minimum Gasteiger partial charge on any atom is -0.356 e. The van der Waals surface area contributed by atoms with Crippen LogP contribution < -0.4 is 5.32 Å². The van der Waals surface area contributed by atoms with Gasteiger partial charge in [-0.2, -0.15) is 0 Å². The first kappa shape index (κ1) is 22.4. The number of sulfonamides is 1. The second-order valence-corrected chi connectivity index (χ2v) is 9.87. The molecular formula is C23H29FN2O3S. The van der Waals surface area contributed by atoms with Crippen molar-refractivity contribution in [2.24, 2.45) is 5.92 Å². The molecule has 7 heteroatoms. The smallest absolute Gasteiger partial charge is 0.223 e. The molecule has 0 bridgehead atoms. The van der Waals surface area contributed by atoms with E-state index in [4.69, 9.17) is 0 Å². The van der Waals surface area contributed by atoms with E-state index < -0.39 is 15.8 Å². The quantitative estimate of drug-likeness (QED) is 0.650. The molecule has 0 radical (unpaired) electrons. The van der Waals surface area contributed by atoms with Crippen molar-refractivity contribution in [1.82, 2.24) is 9.62 Å². The number of piperidine rings is 1. The summed E-state index contributed by atoms with van der Waals surface area (Å²) in [6.45, 7) is 3.25. The predicted octanol–water partition coefficient (Wildman–Crippen LogP) is 3.42. The van der Waals surface area contributed by atoms with Crippen molar-refractivity contribution in [3.8, 4) is 0 Å². The van der Waals surface area contributed by atoms with Crippen molar-refractivity contribution in [3.63, 3.8) is 0 Å². The molecule has 5 nitrogen and oxygen atoms in total. The normalized spacial score (nSPS) is 15.8. The highest BCUT2D eigenvalue weighted by molar-refractivity contribution is 7.88. The third-order valence-electron chi connectivity index (χ3n) is 5.58. The molecule has 2 aromatic carbocycles. The first-order valence-electron chi connectivity index (χ1n) is 10.4. The second-order valence-electron chi connectivity index (χ2n) is 7.90. The molecule has 1 saturated heterocycles. The number of nitrogens with one attached hydrogen (secondary N) is 1. The van der Waals surface area contributed by atoms with Crippen LogP contribution in [0.25, 0.3) is 0 Å². The minimum atomic E-state index is -3.60. The largest absolute Gasteiger partial charge is 0.356 e. The molecule has 1 amide bonds. The van der Waals surface area contributed by atoms with E-state index in [0.717, 1.165) is 12.8 Å². The van der Waals surface area contributed by atoms with Gasteiger partial charge in [0.1, 0.15) is 5.82 Å². The standard InChI is InChI=1S/C23H29FN2O3S/c1-18-8-10-19(11-9-18)5-4-14-25-23(27)20-12-15-26(16-13-20)30(28,29)17-21-6-2-3-7-22(21)24/h2-3,6-11,20H,4-5,12-17H2,1H3,(H,25,27). The van der Waals surface area contributed by atoms with Crippen molar-refractivity contribution in [1.29, 1.82) is 0 Å². The minimum absolute atomic E-state index is 0.00921. The molecule has 0 aliphatic carbocycles. The van der Waals surface area contributed by atoms with E-state index in [9.17, 15) is 17.6 Å². The fourth-order valence-corrected chi connectivity index (χ4v) is 5.28. The maximum absolute atomic E-state index is 13.8. The van der Waals surface area contributed by atoms with Crippen LogP contribution in [0.15, 0.2) is 48.5 Å². The molecule has 1 fully saturated rings. The first-order valence-corrected chi connectivity index (χ1v) is 12.0. The van der Waals surface area contributed by atoms with Gasteiger partial charge in [0.25, 0.3) is 0 Å². The van der Waals surface area contributed by atoms with Crippen molar-refractivity contribution in [2.45, 2.75) is 38.4 Å². The summed E-state index contributed by atoms with van der Waals surface area (Å²) in [6, 6.07) is 14.3. The summed E-state index contributed by atoms with van der Waals surface area (Å²) < 4.78 is 40.4. The molecule has 1 aliphatic heterocycles. The van der Waals surface area contributed by atoms with Crippen LogP contribution in [0, 0.1) is 18.7 Å². The Balaban J connectivity index is 1.41. The fourth-order valence-electron chi connectivity index (χ4n) is 3.70. The second kappa shape index (κ2) is 10.2. The lowest BCUT2D eigenvalue weighted by atomic mass is 9.97. The number of hydrogen-bond donors (Lipinski definition) is 1. The van der Waals surface area contributed by atoms with Crippen LogP contribution in [0.4, 0.5) is 4.39 Å². The Morgan fingerprint density at radius 3 is 2.43 bits per heavy atom. The Labute approximate surface area is 178 Å². The summed E-state index contributed by atoms with van der Waals surface area (Å²) >= 11 is 0. The van der Waals surface area contributed by atoms with Gasteiger partial charge in [-0.25, -0.2) is 17.1 Å². The van der Waals surface area contributed by atoms with E-state index >= 15 is 0 Å². The Bertz CT molecular complexity index is 953. The summed E-state index contributed by atoms with van der Waals surface area (Å²) in [5, 5.41) is 2.98. The zero-order valence-electron chi connectivity index (χ0n) is 17.3. The molecular weight excluding hydrogens is 403 g/mol. The van der Waals surface area contributed by atoms with E-state index in [0.29, 0.717) is 19.4 Å². The van der Waals surface area contributed by atoms with Gasteiger partial charge in [-0.05, 0) is 44.2 Å². The van der Waals surface area contributed by atoms with Crippen LogP contribution in [0.3, 0.4) is 0 Å².